The van der Waals surface area contributed by atoms with Gasteiger partial charge in [0.2, 0.25) is 0 Å². The topological polar surface area (TPSA) is 98.1 Å². The van der Waals surface area contributed by atoms with Crippen LogP contribution in [0.5, 0.6) is 6.01 Å². The third-order valence-corrected chi connectivity index (χ3v) is 10.2. The van der Waals surface area contributed by atoms with Gasteiger partial charge in [-0.1, -0.05) is 60.7 Å². The summed E-state index contributed by atoms with van der Waals surface area (Å²) in [5.74, 6) is 1.07. The summed E-state index contributed by atoms with van der Waals surface area (Å²) >= 11 is 0. The first-order valence-electron chi connectivity index (χ1n) is 17.4. The number of nitrogens with zero attached hydrogens (tertiary/aromatic N) is 7. The molecule has 4 aromatic rings. The Morgan fingerprint density at radius 1 is 0.959 bits per heavy atom. The zero-order valence-electron chi connectivity index (χ0n) is 28.6. The molecule has 2 atom stereocenters. The second-order valence-corrected chi connectivity index (χ2v) is 13.7. The molecule has 3 aromatic carbocycles. The van der Waals surface area contributed by atoms with Crippen LogP contribution >= 0.6 is 0 Å². The van der Waals surface area contributed by atoms with E-state index in [1.54, 1.807) is 0 Å². The largest absolute Gasteiger partial charge is 0.463 e. The quantitative estimate of drug-likeness (QED) is 0.217. The Kier molecular flexibility index (Phi) is 9.92. The van der Waals surface area contributed by atoms with Gasteiger partial charge in [-0.15, -0.1) is 0 Å². The Hall–Kier alpha value is -4.72. The summed E-state index contributed by atoms with van der Waals surface area (Å²) in [6.07, 6.45) is 2.21. The van der Waals surface area contributed by atoms with E-state index < -0.39 is 0 Å². The van der Waals surface area contributed by atoms with E-state index in [0.717, 1.165) is 55.1 Å². The molecule has 0 saturated carbocycles. The lowest BCUT2D eigenvalue weighted by molar-refractivity contribution is -0.147. The fraction of sp³-hybridized carbons (Fsp3) is 0.436. The maximum absolute atomic E-state index is 12.9. The van der Waals surface area contributed by atoms with Crippen LogP contribution < -0.4 is 14.5 Å². The van der Waals surface area contributed by atoms with Gasteiger partial charge in [0.25, 0.3) is 0 Å². The lowest BCUT2D eigenvalue weighted by atomic mass is 9.99. The number of fused-ring (bicyclic) bond motifs is 2. The molecular weight excluding hydrogens is 614 g/mol. The Balaban J connectivity index is 1.12. The van der Waals surface area contributed by atoms with Gasteiger partial charge in [0.1, 0.15) is 12.4 Å². The molecule has 254 valence electrons. The summed E-state index contributed by atoms with van der Waals surface area (Å²) in [6.45, 7) is 8.64. The summed E-state index contributed by atoms with van der Waals surface area (Å²) in [7, 11) is 2.15. The lowest BCUT2D eigenvalue weighted by Gasteiger charge is -2.42. The number of carbonyl (C=O) groups excluding carboxylic acids is 1. The molecule has 0 aliphatic carbocycles. The molecule has 3 aliphatic heterocycles. The number of nitriles is 1. The predicted octanol–water partition coefficient (Wildman–Crippen LogP) is 4.98. The van der Waals surface area contributed by atoms with Crippen LogP contribution in [-0.4, -0.2) is 91.2 Å². The number of hydrogen-bond donors (Lipinski definition) is 0. The number of rotatable bonds is 10. The van der Waals surface area contributed by atoms with Gasteiger partial charge < -0.3 is 24.2 Å². The predicted molar refractivity (Wildman–Crippen MR) is 191 cm³/mol. The normalized spacial score (nSPS) is 19.9. The molecule has 0 N–H and O–H groups in total. The molecule has 0 spiro atoms. The molecule has 49 heavy (non-hydrogen) atoms. The number of esters is 1. The minimum absolute atomic E-state index is 0.134. The van der Waals surface area contributed by atoms with Gasteiger partial charge in [-0.05, 0) is 55.9 Å². The number of hydrogen-bond acceptors (Lipinski definition) is 10. The van der Waals surface area contributed by atoms with Gasteiger partial charge in [0.15, 0.2) is 0 Å². The first-order valence-corrected chi connectivity index (χ1v) is 17.4. The third-order valence-electron chi connectivity index (χ3n) is 10.2. The smallest absolute Gasteiger partial charge is 0.320 e. The number of likely N-dealkylation sites (tertiary alicyclic amines) is 1. The molecule has 0 radical (unpaired) electrons. The van der Waals surface area contributed by atoms with Crippen molar-refractivity contribution in [1.82, 2.24) is 19.8 Å². The van der Waals surface area contributed by atoms with Crippen LogP contribution in [-0.2, 0) is 29.1 Å². The number of anilines is 2. The second kappa shape index (κ2) is 14.8. The molecule has 3 aliphatic rings. The Morgan fingerprint density at radius 2 is 1.80 bits per heavy atom. The zero-order valence-corrected chi connectivity index (χ0v) is 28.6. The van der Waals surface area contributed by atoms with Gasteiger partial charge in [-0.25, -0.2) is 0 Å². The van der Waals surface area contributed by atoms with E-state index in [1.165, 1.54) is 22.0 Å². The fourth-order valence-electron chi connectivity index (χ4n) is 7.59. The monoisotopic (exact) mass is 659 g/mol. The van der Waals surface area contributed by atoms with Crippen LogP contribution in [0.25, 0.3) is 10.8 Å². The second-order valence-electron chi connectivity index (χ2n) is 13.7. The van der Waals surface area contributed by atoms with Crippen LogP contribution in [0.4, 0.5) is 11.5 Å². The SMILES string of the molecule is Cc1cccc2cccc(N3CCc4c(nc(OC[C@@H]5CCN(C)C5)nc4N4CCN(CC(=O)OCc5ccccc5)[C@@H](CC#N)C4)C3)c12. The molecule has 2 fully saturated rings. The maximum atomic E-state index is 12.9. The lowest BCUT2D eigenvalue weighted by Crippen LogP contribution is -2.55. The average Bonchev–Trinajstić information content (AvgIpc) is 3.55. The van der Waals surface area contributed by atoms with Crippen molar-refractivity contribution in [3.63, 3.8) is 0 Å². The van der Waals surface area contributed by atoms with E-state index in [-0.39, 0.29) is 25.2 Å². The minimum Gasteiger partial charge on any atom is -0.463 e. The zero-order chi connectivity index (χ0) is 33.7. The number of ether oxygens (including phenoxy) is 2. The molecule has 2 saturated heterocycles. The molecule has 1 aromatic heterocycles. The summed E-state index contributed by atoms with van der Waals surface area (Å²) in [5.41, 5.74) is 5.57. The van der Waals surface area contributed by atoms with Crippen molar-refractivity contribution in [2.75, 3.05) is 69.3 Å². The number of aryl methyl sites for hydroxylation is 1. The number of piperazine rings is 1. The molecule has 10 heteroatoms. The van der Waals surface area contributed by atoms with Crippen molar-refractivity contribution in [3.8, 4) is 12.1 Å². The maximum Gasteiger partial charge on any atom is 0.320 e. The van der Waals surface area contributed by atoms with E-state index in [2.05, 4.69) is 76.0 Å². The van der Waals surface area contributed by atoms with Crippen LogP contribution in [0.2, 0.25) is 0 Å². The van der Waals surface area contributed by atoms with Crippen LogP contribution in [0.1, 0.15) is 35.2 Å². The molecule has 4 heterocycles. The summed E-state index contributed by atoms with van der Waals surface area (Å²) in [4.78, 5) is 32.1. The van der Waals surface area contributed by atoms with E-state index in [1.807, 2.05) is 30.3 Å². The van der Waals surface area contributed by atoms with Crippen LogP contribution in [0.15, 0.2) is 66.7 Å². The first kappa shape index (κ1) is 32.8. The van der Waals surface area contributed by atoms with E-state index >= 15 is 0 Å². The number of aromatic nitrogens is 2. The summed E-state index contributed by atoms with van der Waals surface area (Å²) in [6, 6.07) is 25.3. The highest BCUT2D eigenvalue weighted by Crippen LogP contribution is 2.36. The Bertz CT molecular complexity index is 1820. The Labute approximate surface area is 288 Å². The minimum atomic E-state index is -0.281. The molecular formula is C39H45N7O3. The van der Waals surface area contributed by atoms with Crippen molar-refractivity contribution in [3.05, 3.63) is 89.1 Å². The molecule has 7 rings (SSSR count). The van der Waals surface area contributed by atoms with Crippen molar-refractivity contribution in [2.24, 2.45) is 5.92 Å². The number of benzene rings is 3. The van der Waals surface area contributed by atoms with Gasteiger partial charge in [0, 0.05) is 61.3 Å². The van der Waals surface area contributed by atoms with Crippen molar-refractivity contribution >= 4 is 28.2 Å². The summed E-state index contributed by atoms with van der Waals surface area (Å²) in [5, 5.41) is 12.3. The highest BCUT2D eigenvalue weighted by molar-refractivity contribution is 5.97. The molecule has 0 unspecified atom stereocenters. The van der Waals surface area contributed by atoms with Crippen LogP contribution in [0, 0.1) is 24.2 Å². The molecule has 0 amide bonds. The van der Waals surface area contributed by atoms with Crippen LogP contribution in [0.3, 0.4) is 0 Å². The van der Waals surface area contributed by atoms with Crippen molar-refractivity contribution < 1.29 is 14.3 Å². The number of carbonyl (C=O) groups is 1. The summed E-state index contributed by atoms with van der Waals surface area (Å²) < 4.78 is 12.0. The molecule has 10 nitrogen and oxygen atoms in total. The third kappa shape index (κ3) is 7.48. The standard InChI is InChI=1S/C39H45N7O3/c1-28-8-6-11-31-12-7-13-35(37(28)31)45-19-16-33-34(24-45)41-39(49-27-30-15-18-43(2)22-30)42-38(33)46-21-20-44(32(23-46)14-17-40)25-36(47)48-26-29-9-4-3-5-10-29/h3-13,30,32H,14-16,18-27H2,1-2H3/t30-,32+/m1/s1. The Morgan fingerprint density at radius 3 is 2.59 bits per heavy atom. The average molecular weight is 660 g/mol. The fourth-order valence-corrected chi connectivity index (χ4v) is 7.59. The van der Waals surface area contributed by atoms with E-state index in [9.17, 15) is 10.1 Å². The van der Waals surface area contributed by atoms with Gasteiger partial charge >= 0.3 is 12.0 Å². The van der Waals surface area contributed by atoms with Crippen molar-refractivity contribution in [2.45, 2.75) is 45.4 Å². The van der Waals surface area contributed by atoms with E-state index in [4.69, 9.17) is 19.4 Å². The first-order chi connectivity index (χ1) is 23.9. The molecule has 0 bridgehead atoms. The van der Waals surface area contributed by atoms with Crippen molar-refractivity contribution in [1.29, 1.82) is 5.26 Å². The highest BCUT2D eigenvalue weighted by Gasteiger charge is 2.33. The highest BCUT2D eigenvalue weighted by atomic mass is 16.5. The van der Waals surface area contributed by atoms with Gasteiger partial charge in [-0.3, -0.25) is 9.69 Å². The van der Waals surface area contributed by atoms with Gasteiger partial charge in [0.05, 0.1) is 37.9 Å². The van der Waals surface area contributed by atoms with E-state index in [0.29, 0.717) is 51.1 Å². The van der Waals surface area contributed by atoms with Gasteiger partial charge in [-0.2, -0.15) is 15.2 Å².